The molecule has 6 heteroatoms. The van der Waals surface area contributed by atoms with E-state index in [9.17, 15) is 0 Å². The van der Waals surface area contributed by atoms with Crippen LogP contribution in [0, 0.1) is 0 Å². The normalized spacial score (nSPS) is 10.7. The lowest BCUT2D eigenvalue weighted by Crippen LogP contribution is -1.98. The topological polar surface area (TPSA) is 38.7 Å². The van der Waals surface area contributed by atoms with Crippen LogP contribution in [0.1, 0.15) is 19.0 Å². The summed E-state index contributed by atoms with van der Waals surface area (Å²) in [7, 11) is 0. The molecule has 0 fully saturated rings. The molecule has 2 heterocycles. The number of nitrogens with zero attached hydrogens (tertiary/aromatic N) is 3. The average Bonchev–Trinajstić information content (AvgIpc) is 2.28. The van der Waals surface area contributed by atoms with Crippen molar-refractivity contribution in [2.45, 2.75) is 19.8 Å². The first kappa shape index (κ1) is 13.9. The van der Waals surface area contributed by atoms with Crippen molar-refractivity contribution in [3.05, 3.63) is 38.1 Å². The van der Waals surface area contributed by atoms with Crippen molar-refractivity contribution >= 4 is 43.5 Å². The largest absolute Gasteiger partial charge is 0.251 e. The van der Waals surface area contributed by atoms with Gasteiger partial charge in [-0.1, -0.05) is 24.9 Å². The predicted octanol–water partition coefficient (Wildman–Crippen LogP) is 4.67. The fraction of sp³-hybridized carbons (Fsp3) is 0.250. The summed E-state index contributed by atoms with van der Waals surface area (Å²) >= 11 is 12.8. The minimum Gasteiger partial charge on any atom is -0.251 e. The second-order valence-electron chi connectivity index (χ2n) is 3.74. The number of rotatable bonds is 3. The van der Waals surface area contributed by atoms with Crippen LogP contribution in [0.3, 0.4) is 0 Å². The number of hydrogen-bond donors (Lipinski definition) is 0. The quantitative estimate of drug-likeness (QED) is 0.714. The smallest absolute Gasteiger partial charge is 0.180 e. The summed E-state index contributed by atoms with van der Waals surface area (Å²) in [5, 5.41) is 0.445. The van der Waals surface area contributed by atoms with Crippen LogP contribution in [0.15, 0.2) is 27.3 Å². The lowest BCUT2D eigenvalue weighted by Gasteiger charge is -2.05. The number of aromatic nitrogens is 3. The molecule has 2 aromatic heterocycles. The average molecular weight is 391 g/mol. The molecule has 2 aromatic rings. The van der Waals surface area contributed by atoms with E-state index >= 15 is 0 Å². The van der Waals surface area contributed by atoms with E-state index in [0.29, 0.717) is 16.7 Å². The van der Waals surface area contributed by atoms with Crippen molar-refractivity contribution in [2.24, 2.45) is 0 Å². The molecule has 0 saturated heterocycles. The summed E-state index contributed by atoms with van der Waals surface area (Å²) in [4.78, 5) is 13.0. The highest BCUT2D eigenvalue weighted by Gasteiger charge is 2.11. The van der Waals surface area contributed by atoms with E-state index in [1.165, 1.54) is 0 Å². The van der Waals surface area contributed by atoms with Crippen LogP contribution in [0.5, 0.6) is 0 Å². The first-order valence-electron chi connectivity index (χ1n) is 5.45. The van der Waals surface area contributed by atoms with Crippen LogP contribution in [-0.4, -0.2) is 15.0 Å². The first-order chi connectivity index (χ1) is 8.60. The van der Waals surface area contributed by atoms with Crippen molar-refractivity contribution in [3.8, 4) is 11.5 Å². The van der Waals surface area contributed by atoms with Gasteiger partial charge in [-0.3, -0.25) is 4.98 Å². The van der Waals surface area contributed by atoms with Gasteiger partial charge >= 0.3 is 0 Å². The summed E-state index contributed by atoms with van der Waals surface area (Å²) < 4.78 is 1.73. The van der Waals surface area contributed by atoms with Gasteiger partial charge in [0.05, 0.1) is 0 Å². The maximum Gasteiger partial charge on any atom is 0.180 e. The van der Waals surface area contributed by atoms with E-state index in [1.54, 1.807) is 12.3 Å². The molecule has 0 atom stereocenters. The highest BCUT2D eigenvalue weighted by atomic mass is 79.9. The van der Waals surface area contributed by atoms with E-state index in [-0.39, 0.29) is 0 Å². The fourth-order valence-electron chi connectivity index (χ4n) is 1.53. The maximum atomic E-state index is 6.02. The SMILES string of the molecule is CCCc1cc(Cl)nc(-c2ncc(Br)cc2Br)n1. The summed E-state index contributed by atoms with van der Waals surface area (Å²) in [6, 6.07) is 3.70. The van der Waals surface area contributed by atoms with Crippen molar-refractivity contribution < 1.29 is 0 Å². The van der Waals surface area contributed by atoms with Gasteiger partial charge in [0.15, 0.2) is 5.82 Å². The summed E-state index contributed by atoms with van der Waals surface area (Å²) in [5.74, 6) is 0.547. The minimum absolute atomic E-state index is 0.445. The molecule has 0 unspecified atom stereocenters. The molecule has 0 aromatic carbocycles. The van der Waals surface area contributed by atoms with Crippen LogP contribution >= 0.6 is 43.5 Å². The Kier molecular flexibility index (Phi) is 4.70. The molecule has 0 saturated carbocycles. The van der Waals surface area contributed by atoms with Crippen molar-refractivity contribution in [2.75, 3.05) is 0 Å². The molecule has 0 amide bonds. The molecule has 0 aliphatic rings. The van der Waals surface area contributed by atoms with Gasteiger partial charge in [0.25, 0.3) is 0 Å². The van der Waals surface area contributed by atoms with Gasteiger partial charge in [0.1, 0.15) is 10.8 Å². The van der Waals surface area contributed by atoms with Gasteiger partial charge in [-0.15, -0.1) is 0 Å². The lowest BCUT2D eigenvalue weighted by atomic mass is 10.2. The summed E-state index contributed by atoms with van der Waals surface area (Å²) in [6.07, 6.45) is 3.61. The molecule has 0 aliphatic carbocycles. The number of pyridine rings is 1. The van der Waals surface area contributed by atoms with Crippen molar-refractivity contribution in [1.29, 1.82) is 0 Å². The van der Waals surface area contributed by atoms with Gasteiger partial charge in [-0.25, -0.2) is 9.97 Å². The van der Waals surface area contributed by atoms with E-state index in [4.69, 9.17) is 11.6 Å². The lowest BCUT2D eigenvalue weighted by molar-refractivity contribution is 0.873. The molecule has 0 radical (unpaired) electrons. The van der Waals surface area contributed by atoms with Gasteiger partial charge in [-0.2, -0.15) is 0 Å². The second kappa shape index (κ2) is 6.08. The zero-order valence-corrected chi connectivity index (χ0v) is 13.5. The molecule has 2 rings (SSSR count). The Balaban J connectivity index is 2.49. The highest BCUT2D eigenvalue weighted by Crippen LogP contribution is 2.27. The van der Waals surface area contributed by atoms with Crippen LogP contribution in [0.25, 0.3) is 11.5 Å². The molecule has 0 N–H and O–H groups in total. The van der Waals surface area contributed by atoms with E-state index in [1.807, 2.05) is 6.07 Å². The third-order valence-corrected chi connectivity index (χ3v) is 3.51. The van der Waals surface area contributed by atoms with Crippen LogP contribution in [0.2, 0.25) is 5.15 Å². The highest BCUT2D eigenvalue weighted by molar-refractivity contribution is 9.11. The fourth-order valence-corrected chi connectivity index (χ4v) is 2.90. The molecule has 18 heavy (non-hydrogen) atoms. The Morgan fingerprint density at radius 1 is 1.22 bits per heavy atom. The number of hydrogen-bond acceptors (Lipinski definition) is 3. The van der Waals surface area contributed by atoms with Gasteiger partial charge in [0, 0.05) is 20.8 Å². The minimum atomic E-state index is 0.445. The van der Waals surface area contributed by atoms with Crippen LogP contribution in [0.4, 0.5) is 0 Å². The predicted molar refractivity (Wildman–Crippen MR) is 79.7 cm³/mol. The molecular weight excluding hydrogens is 381 g/mol. The van der Waals surface area contributed by atoms with Crippen molar-refractivity contribution in [1.82, 2.24) is 15.0 Å². The molecule has 94 valence electrons. The standard InChI is InChI=1S/C12H10Br2ClN3/c1-2-3-8-5-10(15)18-12(17-8)11-9(14)4-7(13)6-16-11/h4-6H,2-3H2,1H3. The van der Waals surface area contributed by atoms with Crippen LogP contribution in [-0.2, 0) is 6.42 Å². The molecule has 0 bridgehead atoms. The Labute approximate surface area is 127 Å². The van der Waals surface area contributed by atoms with E-state index in [2.05, 4.69) is 53.7 Å². The Morgan fingerprint density at radius 2 is 2.00 bits per heavy atom. The third kappa shape index (κ3) is 3.28. The third-order valence-electron chi connectivity index (χ3n) is 2.27. The molecular formula is C12H10Br2ClN3. The van der Waals surface area contributed by atoms with Gasteiger partial charge in [-0.05, 0) is 50.4 Å². The van der Waals surface area contributed by atoms with E-state index in [0.717, 1.165) is 27.5 Å². The summed E-state index contributed by atoms with van der Waals surface area (Å²) in [6.45, 7) is 2.10. The van der Waals surface area contributed by atoms with E-state index < -0.39 is 0 Å². The zero-order valence-electron chi connectivity index (χ0n) is 9.62. The molecule has 0 aliphatic heterocycles. The number of aryl methyl sites for hydroxylation is 1. The Morgan fingerprint density at radius 3 is 2.67 bits per heavy atom. The van der Waals surface area contributed by atoms with Crippen molar-refractivity contribution in [3.63, 3.8) is 0 Å². The second-order valence-corrected chi connectivity index (χ2v) is 5.90. The first-order valence-corrected chi connectivity index (χ1v) is 7.41. The zero-order chi connectivity index (χ0) is 13.1. The summed E-state index contributed by atoms with van der Waals surface area (Å²) in [5.41, 5.74) is 1.63. The Bertz CT molecular complexity index is 575. The molecule has 3 nitrogen and oxygen atoms in total. The molecule has 0 spiro atoms. The maximum absolute atomic E-state index is 6.02. The monoisotopic (exact) mass is 389 g/mol. The number of halogens is 3. The van der Waals surface area contributed by atoms with Crippen LogP contribution < -0.4 is 0 Å². The Hall–Kier alpha value is -0.520. The van der Waals surface area contributed by atoms with Gasteiger partial charge in [0.2, 0.25) is 0 Å². The van der Waals surface area contributed by atoms with Gasteiger partial charge < -0.3 is 0 Å².